The van der Waals surface area contributed by atoms with Crippen molar-refractivity contribution in [1.82, 2.24) is 18.9 Å². The maximum Gasteiger partial charge on any atom is 0.357 e. The van der Waals surface area contributed by atoms with E-state index < -0.39 is 21.9 Å². The van der Waals surface area contributed by atoms with Crippen LogP contribution in [-0.2, 0) is 24.4 Å². The highest BCUT2D eigenvalue weighted by molar-refractivity contribution is 5.71. The van der Waals surface area contributed by atoms with Crippen LogP contribution < -0.4 is 11.2 Å². The molecule has 0 bridgehead atoms. The van der Waals surface area contributed by atoms with E-state index in [1.54, 1.807) is 24.4 Å². The number of benzene rings is 1. The van der Waals surface area contributed by atoms with E-state index in [4.69, 9.17) is 4.74 Å². The van der Waals surface area contributed by atoms with E-state index in [0.29, 0.717) is 17.5 Å². The van der Waals surface area contributed by atoms with Crippen molar-refractivity contribution in [2.24, 2.45) is 0 Å². The minimum Gasteiger partial charge on any atom is -0.383 e. The van der Waals surface area contributed by atoms with Gasteiger partial charge < -0.3 is 4.74 Å². The fourth-order valence-electron chi connectivity index (χ4n) is 3.39. The monoisotopic (exact) mass is 457 g/mol. The first-order valence-electron chi connectivity index (χ1n) is 10.3. The van der Waals surface area contributed by atoms with E-state index in [0.717, 1.165) is 4.57 Å². The summed E-state index contributed by atoms with van der Waals surface area (Å²) in [6, 6.07) is 6.34. The summed E-state index contributed by atoms with van der Waals surface area (Å²) in [7, 11) is 1.41. The second-order valence-corrected chi connectivity index (χ2v) is 7.27. The molecule has 0 unspecified atom stereocenters. The fourth-order valence-corrected chi connectivity index (χ4v) is 3.39. The number of ether oxygens (including phenoxy) is 1. The summed E-state index contributed by atoms with van der Waals surface area (Å²) in [5.41, 5.74) is -1.37. The first-order valence-corrected chi connectivity index (χ1v) is 10.3. The lowest BCUT2D eigenvalue weighted by atomic mass is 10.2. The van der Waals surface area contributed by atoms with Crippen LogP contribution in [0.25, 0.3) is 12.2 Å². The first kappa shape index (κ1) is 23.8. The van der Waals surface area contributed by atoms with Crippen molar-refractivity contribution >= 4 is 17.8 Å². The molecule has 0 N–H and O–H groups in total. The Morgan fingerprint density at radius 1 is 1.18 bits per heavy atom. The van der Waals surface area contributed by atoms with E-state index in [9.17, 15) is 24.1 Å². The molecule has 0 aliphatic carbocycles. The highest BCUT2D eigenvalue weighted by Crippen LogP contribution is 2.17. The zero-order valence-electron chi connectivity index (χ0n) is 18.3. The van der Waals surface area contributed by atoms with Gasteiger partial charge in [0.05, 0.1) is 30.8 Å². The minimum absolute atomic E-state index is 0.0643. The molecule has 0 radical (unpaired) electrons. The van der Waals surface area contributed by atoms with Crippen molar-refractivity contribution in [3.8, 4) is 0 Å². The summed E-state index contributed by atoms with van der Waals surface area (Å²) in [4.78, 5) is 36.6. The average Bonchev–Trinajstić information content (AvgIpc) is 3.23. The molecule has 2 aromatic heterocycles. The maximum absolute atomic E-state index is 13.9. The molecular formula is C22H24FN5O5. The third kappa shape index (κ3) is 5.32. The molecule has 1 aromatic carbocycles. The zero-order valence-corrected chi connectivity index (χ0v) is 18.3. The number of methoxy groups -OCH3 is 1. The van der Waals surface area contributed by atoms with E-state index in [1.807, 2.05) is 6.92 Å². The largest absolute Gasteiger partial charge is 0.383 e. The van der Waals surface area contributed by atoms with Gasteiger partial charge in [-0.3, -0.25) is 28.7 Å². The molecule has 2 heterocycles. The van der Waals surface area contributed by atoms with Crippen LogP contribution in [-0.4, -0.2) is 37.6 Å². The quantitative estimate of drug-likeness (QED) is 0.341. The molecule has 0 aliphatic rings. The summed E-state index contributed by atoms with van der Waals surface area (Å²) in [6.07, 6.45) is 6.56. The van der Waals surface area contributed by atoms with E-state index in [2.05, 4.69) is 5.10 Å². The van der Waals surface area contributed by atoms with Gasteiger partial charge in [0.25, 0.3) is 0 Å². The van der Waals surface area contributed by atoms with Gasteiger partial charge >= 0.3 is 16.9 Å². The molecule has 10 nitrogen and oxygen atoms in total. The molecule has 3 rings (SSSR count). The van der Waals surface area contributed by atoms with Crippen LogP contribution in [0.15, 0.2) is 46.2 Å². The van der Waals surface area contributed by atoms with Crippen LogP contribution >= 0.6 is 0 Å². The normalized spacial score (nSPS) is 11.4. The molecule has 33 heavy (non-hydrogen) atoms. The van der Waals surface area contributed by atoms with E-state index in [1.165, 1.54) is 40.8 Å². The standard InChI is InChI=1S/C22H24FN5O5/c1-3-10-26-19(20(28(31)32)21(29)27(22(26)30)11-12-33-2)9-8-16-13-24-25(14-16)15-17-6-4-5-7-18(17)23/h4-9,13-14H,3,10-12,15H2,1-2H3. The van der Waals surface area contributed by atoms with Crippen molar-refractivity contribution in [2.45, 2.75) is 33.0 Å². The smallest absolute Gasteiger partial charge is 0.357 e. The van der Waals surface area contributed by atoms with Gasteiger partial charge in [-0.1, -0.05) is 25.1 Å². The first-order chi connectivity index (χ1) is 15.9. The SMILES string of the molecule is CCCn1c(C=Cc2cnn(Cc3ccccc3F)c2)c([N+](=O)[O-])c(=O)n(CCOC)c1=O. The van der Waals surface area contributed by atoms with Crippen molar-refractivity contribution in [3.63, 3.8) is 0 Å². The molecule has 3 aromatic rings. The van der Waals surface area contributed by atoms with Crippen molar-refractivity contribution in [3.05, 3.63) is 90.2 Å². The Labute approximate surface area is 188 Å². The van der Waals surface area contributed by atoms with Gasteiger partial charge in [-0.05, 0) is 24.6 Å². The molecule has 0 spiro atoms. The summed E-state index contributed by atoms with van der Waals surface area (Å²) >= 11 is 0. The Hall–Kier alpha value is -3.86. The predicted molar refractivity (Wildman–Crippen MR) is 120 cm³/mol. The number of hydrogen-bond donors (Lipinski definition) is 0. The number of hydrogen-bond acceptors (Lipinski definition) is 6. The van der Waals surface area contributed by atoms with E-state index >= 15 is 0 Å². The van der Waals surface area contributed by atoms with Crippen molar-refractivity contribution in [1.29, 1.82) is 0 Å². The molecule has 174 valence electrons. The fraction of sp³-hybridized carbons (Fsp3) is 0.318. The molecule has 0 saturated carbocycles. The lowest BCUT2D eigenvalue weighted by Crippen LogP contribution is -2.43. The lowest BCUT2D eigenvalue weighted by molar-refractivity contribution is -0.387. The Morgan fingerprint density at radius 3 is 2.61 bits per heavy atom. The van der Waals surface area contributed by atoms with Crippen molar-refractivity contribution < 1.29 is 14.1 Å². The predicted octanol–water partition coefficient (Wildman–Crippen LogP) is 2.53. The maximum atomic E-state index is 13.9. The Balaban J connectivity index is 2.01. The molecule has 11 heteroatoms. The van der Waals surface area contributed by atoms with Crippen LogP contribution in [0.5, 0.6) is 0 Å². The average molecular weight is 457 g/mol. The van der Waals surface area contributed by atoms with Gasteiger partial charge in [-0.2, -0.15) is 5.10 Å². The zero-order chi connectivity index (χ0) is 24.0. The molecule has 0 fully saturated rings. The molecule has 0 atom stereocenters. The Bertz CT molecular complexity index is 1290. The van der Waals surface area contributed by atoms with Crippen LogP contribution in [0.2, 0.25) is 0 Å². The van der Waals surface area contributed by atoms with Gasteiger partial charge in [0.1, 0.15) is 11.5 Å². The summed E-state index contributed by atoms with van der Waals surface area (Å²) < 4.78 is 22.4. The summed E-state index contributed by atoms with van der Waals surface area (Å²) in [6.45, 7) is 2.19. The van der Waals surface area contributed by atoms with Crippen LogP contribution in [0, 0.1) is 15.9 Å². The van der Waals surface area contributed by atoms with Gasteiger partial charge in [0.15, 0.2) is 0 Å². The number of aromatic nitrogens is 4. The highest BCUT2D eigenvalue weighted by Gasteiger charge is 2.26. The molecule has 0 amide bonds. The Kier molecular flexibility index (Phi) is 7.67. The number of nitro groups is 1. The second kappa shape index (κ2) is 10.6. The van der Waals surface area contributed by atoms with Gasteiger partial charge in [0, 0.05) is 31.0 Å². The molecule has 0 saturated heterocycles. The number of rotatable bonds is 10. The van der Waals surface area contributed by atoms with Crippen LogP contribution in [0.3, 0.4) is 0 Å². The minimum atomic E-state index is -0.982. The highest BCUT2D eigenvalue weighted by atomic mass is 19.1. The van der Waals surface area contributed by atoms with Gasteiger partial charge in [0.2, 0.25) is 0 Å². The van der Waals surface area contributed by atoms with Crippen LogP contribution in [0.1, 0.15) is 30.2 Å². The third-order valence-electron chi connectivity index (χ3n) is 4.97. The summed E-state index contributed by atoms with van der Waals surface area (Å²) in [5, 5.41) is 15.9. The Morgan fingerprint density at radius 2 is 1.94 bits per heavy atom. The van der Waals surface area contributed by atoms with Crippen LogP contribution in [0.4, 0.5) is 10.1 Å². The second-order valence-electron chi connectivity index (χ2n) is 7.27. The van der Waals surface area contributed by atoms with E-state index in [-0.39, 0.29) is 37.8 Å². The molecule has 0 aliphatic heterocycles. The van der Waals surface area contributed by atoms with Gasteiger partial charge in [-0.15, -0.1) is 0 Å². The number of nitrogens with zero attached hydrogens (tertiary/aromatic N) is 5. The topological polar surface area (TPSA) is 114 Å². The summed E-state index contributed by atoms with van der Waals surface area (Å²) in [5.74, 6) is -0.349. The van der Waals surface area contributed by atoms with Gasteiger partial charge in [-0.25, -0.2) is 9.18 Å². The third-order valence-corrected chi connectivity index (χ3v) is 4.97. The number of halogens is 1. The van der Waals surface area contributed by atoms with Crippen molar-refractivity contribution in [2.75, 3.05) is 13.7 Å². The lowest BCUT2D eigenvalue weighted by Gasteiger charge is -2.13. The molecular weight excluding hydrogens is 433 g/mol.